The Morgan fingerprint density at radius 1 is 1.47 bits per heavy atom. The minimum absolute atomic E-state index is 0.685. The van der Waals surface area contributed by atoms with Gasteiger partial charge in [-0.3, -0.25) is 4.90 Å². The normalized spacial score (nSPS) is 25.1. The molecule has 0 bridgehead atoms. The van der Waals surface area contributed by atoms with Crippen molar-refractivity contribution in [1.29, 1.82) is 0 Å². The fourth-order valence-electron chi connectivity index (χ4n) is 3.04. The van der Waals surface area contributed by atoms with Crippen molar-refractivity contribution in [1.82, 2.24) is 10.2 Å². The minimum atomic E-state index is 0.685. The maximum atomic E-state index is 3.73. The van der Waals surface area contributed by atoms with Crippen molar-refractivity contribution in [3.63, 3.8) is 0 Å². The van der Waals surface area contributed by atoms with E-state index in [9.17, 15) is 0 Å². The molecule has 1 fully saturated rings. The lowest BCUT2D eigenvalue weighted by atomic mass is 9.98. The van der Waals surface area contributed by atoms with Crippen LogP contribution < -0.4 is 5.32 Å². The molecule has 0 aliphatic carbocycles. The number of piperazine rings is 1. The van der Waals surface area contributed by atoms with Crippen molar-refractivity contribution in [3.8, 4) is 0 Å². The zero-order chi connectivity index (χ0) is 13.7. The lowest BCUT2D eigenvalue weighted by Gasteiger charge is -2.40. The largest absolute Gasteiger partial charge is 0.311 e. The molecule has 2 nitrogen and oxygen atoms in total. The standard InChI is InChI=1S/C16H28N2S/c1-4-16-10-17-15(9-13(2)3)11-18(16)7-5-14-6-8-19-12-14/h6,8,12-13,15-17H,4-5,7,9-11H2,1-3H3. The summed E-state index contributed by atoms with van der Waals surface area (Å²) in [5, 5.41) is 8.21. The molecule has 1 aliphatic heterocycles. The lowest BCUT2D eigenvalue weighted by molar-refractivity contribution is 0.120. The quantitative estimate of drug-likeness (QED) is 0.859. The molecule has 0 spiro atoms. The van der Waals surface area contributed by atoms with Crippen LogP contribution in [0.1, 0.15) is 39.2 Å². The average molecular weight is 280 g/mol. The second kappa shape index (κ2) is 7.41. The SMILES string of the molecule is CCC1CNC(CC(C)C)CN1CCc1ccsc1. The summed E-state index contributed by atoms with van der Waals surface area (Å²) >= 11 is 1.81. The van der Waals surface area contributed by atoms with Crippen LogP contribution in [0.2, 0.25) is 0 Å². The van der Waals surface area contributed by atoms with Gasteiger partial charge in [0.1, 0.15) is 0 Å². The van der Waals surface area contributed by atoms with E-state index in [1.165, 1.54) is 37.9 Å². The number of hydrogen-bond acceptors (Lipinski definition) is 3. The number of rotatable bonds is 6. The van der Waals surface area contributed by atoms with Crippen molar-refractivity contribution in [2.75, 3.05) is 19.6 Å². The summed E-state index contributed by atoms with van der Waals surface area (Å²) in [6.45, 7) is 10.6. The monoisotopic (exact) mass is 280 g/mol. The third-order valence-electron chi connectivity index (χ3n) is 4.11. The first-order valence-electron chi connectivity index (χ1n) is 7.67. The molecular weight excluding hydrogens is 252 g/mol. The smallest absolute Gasteiger partial charge is 0.0218 e. The summed E-state index contributed by atoms with van der Waals surface area (Å²) in [4.78, 5) is 2.71. The highest BCUT2D eigenvalue weighted by Gasteiger charge is 2.26. The van der Waals surface area contributed by atoms with Gasteiger partial charge in [-0.15, -0.1) is 0 Å². The zero-order valence-electron chi connectivity index (χ0n) is 12.6. The number of thiophene rings is 1. The molecule has 19 heavy (non-hydrogen) atoms. The van der Waals surface area contributed by atoms with Crippen molar-refractivity contribution in [2.45, 2.75) is 52.1 Å². The third-order valence-corrected chi connectivity index (χ3v) is 4.84. The van der Waals surface area contributed by atoms with Gasteiger partial charge in [-0.1, -0.05) is 20.8 Å². The minimum Gasteiger partial charge on any atom is -0.311 e. The zero-order valence-corrected chi connectivity index (χ0v) is 13.4. The van der Waals surface area contributed by atoms with E-state index >= 15 is 0 Å². The number of nitrogens with zero attached hydrogens (tertiary/aromatic N) is 1. The molecule has 0 saturated carbocycles. The van der Waals surface area contributed by atoms with Gasteiger partial charge in [-0.05, 0) is 47.6 Å². The summed E-state index contributed by atoms with van der Waals surface area (Å²) in [5.41, 5.74) is 1.50. The fraction of sp³-hybridized carbons (Fsp3) is 0.750. The van der Waals surface area contributed by atoms with Crippen LogP contribution in [0, 0.1) is 5.92 Å². The molecule has 0 radical (unpaired) electrons. The Kier molecular flexibility index (Phi) is 5.86. The van der Waals surface area contributed by atoms with Gasteiger partial charge in [0.2, 0.25) is 0 Å². The van der Waals surface area contributed by atoms with E-state index in [0.29, 0.717) is 6.04 Å². The van der Waals surface area contributed by atoms with Gasteiger partial charge in [-0.25, -0.2) is 0 Å². The lowest BCUT2D eigenvalue weighted by Crippen LogP contribution is -2.56. The van der Waals surface area contributed by atoms with Gasteiger partial charge >= 0.3 is 0 Å². The van der Waals surface area contributed by atoms with Crippen LogP contribution in [-0.2, 0) is 6.42 Å². The first-order chi connectivity index (χ1) is 9.19. The maximum absolute atomic E-state index is 3.73. The molecule has 1 aliphatic rings. The Morgan fingerprint density at radius 2 is 2.32 bits per heavy atom. The van der Waals surface area contributed by atoms with Crippen molar-refractivity contribution >= 4 is 11.3 Å². The summed E-state index contributed by atoms with van der Waals surface area (Å²) < 4.78 is 0. The first-order valence-corrected chi connectivity index (χ1v) is 8.61. The Hall–Kier alpha value is -0.380. The summed E-state index contributed by atoms with van der Waals surface area (Å²) in [6.07, 6.45) is 3.75. The van der Waals surface area contributed by atoms with Gasteiger partial charge in [0.15, 0.2) is 0 Å². The molecule has 2 unspecified atom stereocenters. The number of nitrogens with one attached hydrogen (secondary N) is 1. The highest BCUT2D eigenvalue weighted by molar-refractivity contribution is 7.07. The van der Waals surface area contributed by atoms with Gasteiger partial charge in [0.25, 0.3) is 0 Å². The van der Waals surface area contributed by atoms with Gasteiger partial charge in [0, 0.05) is 31.7 Å². The van der Waals surface area contributed by atoms with Crippen LogP contribution in [0.15, 0.2) is 16.8 Å². The Labute approximate surface area is 122 Å². The van der Waals surface area contributed by atoms with E-state index in [1.54, 1.807) is 0 Å². The molecule has 1 aromatic heterocycles. The van der Waals surface area contributed by atoms with Crippen molar-refractivity contribution < 1.29 is 0 Å². The van der Waals surface area contributed by atoms with Gasteiger partial charge in [0.05, 0.1) is 0 Å². The van der Waals surface area contributed by atoms with E-state index in [-0.39, 0.29) is 0 Å². The van der Waals surface area contributed by atoms with Gasteiger partial charge in [-0.2, -0.15) is 11.3 Å². The van der Waals surface area contributed by atoms with E-state index in [0.717, 1.165) is 18.5 Å². The highest BCUT2D eigenvalue weighted by atomic mass is 32.1. The Balaban J connectivity index is 1.86. The molecule has 108 valence electrons. The average Bonchev–Trinajstić information content (AvgIpc) is 2.89. The molecule has 1 N–H and O–H groups in total. The molecule has 3 heteroatoms. The molecule has 0 aromatic carbocycles. The Bertz CT molecular complexity index is 348. The van der Waals surface area contributed by atoms with Crippen LogP contribution in [-0.4, -0.2) is 36.6 Å². The Morgan fingerprint density at radius 3 is 2.95 bits per heavy atom. The van der Waals surface area contributed by atoms with Gasteiger partial charge < -0.3 is 5.32 Å². The second-order valence-corrected chi connectivity index (χ2v) is 6.95. The highest BCUT2D eigenvalue weighted by Crippen LogP contribution is 2.16. The van der Waals surface area contributed by atoms with Crippen LogP contribution in [0.4, 0.5) is 0 Å². The molecule has 1 saturated heterocycles. The van der Waals surface area contributed by atoms with Crippen LogP contribution in [0.3, 0.4) is 0 Å². The van der Waals surface area contributed by atoms with Crippen LogP contribution >= 0.6 is 11.3 Å². The van der Waals surface area contributed by atoms with E-state index in [1.807, 2.05) is 11.3 Å². The summed E-state index contributed by atoms with van der Waals surface area (Å²) in [6, 6.07) is 3.67. The van der Waals surface area contributed by atoms with Crippen LogP contribution in [0.25, 0.3) is 0 Å². The molecule has 2 heterocycles. The summed E-state index contributed by atoms with van der Waals surface area (Å²) in [5.74, 6) is 0.786. The molecule has 2 atom stereocenters. The predicted octanol–water partition coefficient (Wildman–Crippen LogP) is 3.39. The summed E-state index contributed by atoms with van der Waals surface area (Å²) in [7, 11) is 0. The predicted molar refractivity (Wildman–Crippen MR) is 84.9 cm³/mol. The molecule has 0 amide bonds. The first kappa shape index (κ1) is 15.0. The second-order valence-electron chi connectivity index (χ2n) is 6.17. The molecular formula is C16H28N2S. The van der Waals surface area contributed by atoms with E-state index < -0.39 is 0 Å². The molecule has 1 aromatic rings. The van der Waals surface area contributed by atoms with Crippen molar-refractivity contribution in [3.05, 3.63) is 22.4 Å². The van der Waals surface area contributed by atoms with Crippen LogP contribution in [0.5, 0.6) is 0 Å². The van der Waals surface area contributed by atoms with E-state index in [2.05, 4.69) is 47.8 Å². The van der Waals surface area contributed by atoms with Crippen molar-refractivity contribution in [2.24, 2.45) is 5.92 Å². The topological polar surface area (TPSA) is 15.3 Å². The fourth-order valence-corrected chi connectivity index (χ4v) is 3.74. The maximum Gasteiger partial charge on any atom is 0.0218 e. The van der Waals surface area contributed by atoms with E-state index in [4.69, 9.17) is 0 Å². The molecule has 2 rings (SSSR count). The number of hydrogen-bond donors (Lipinski definition) is 1. The third kappa shape index (κ3) is 4.59.